The van der Waals surface area contributed by atoms with Crippen LogP contribution >= 0.6 is 11.6 Å². The molecule has 0 bridgehead atoms. The van der Waals surface area contributed by atoms with Crippen molar-refractivity contribution in [1.29, 1.82) is 0 Å². The van der Waals surface area contributed by atoms with Gasteiger partial charge in [-0.1, -0.05) is 24.6 Å². The van der Waals surface area contributed by atoms with E-state index in [9.17, 15) is 14.4 Å². The molecule has 1 fully saturated rings. The third-order valence-electron chi connectivity index (χ3n) is 6.73. The van der Waals surface area contributed by atoms with Crippen LogP contribution in [0, 0.1) is 12.8 Å². The van der Waals surface area contributed by atoms with Crippen LogP contribution in [0.3, 0.4) is 0 Å². The molecule has 0 unspecified atom stereocenters. The molecule has 1 aliphatic heterocycles. The number of carbonyl (C=O) groups excluding carboxylic acids is 3. The maximum Gasteiger partial charge on any atom is 0.358 e. The molecule has 1 aromatic heterocycles. The average Bonchev–Trinajstić information content (AvgIpc) is 3.20. The lowest BCUT2D eigenvalue weighted by Crippen LogP contribution is -2.65. The van der Waals surface area contributed by atoms with Crippen molar-refractivity contribution in [3.05, 3.63) is 46.2 Å². The van der Waals surface area contributed by atoms with E-state index >= 15 is 0 Å². The molecule has 8 nitrogen and oxygen atoms in total. The number of aromatic nitrogens is 2. The number of rotatable bonds is 4. The largest absolute Gasteiger partial charge is 0.464 e. The average molecular weight is 473 g/mol. The highest BCUT2D eigenvalue weighted by Gasteiger charge is 2.50. The Balaban J connectivity index is 1.76. The standard InChI is InChI=1S/C24H29ClN4O4/c1-14-5-8-16(9-6-14)26-23(32)24(3)13-28-20(12-18(27-28)22(31)33-4)21(30)29(24)19-10-7-15(2)11-17(19)25/h7,10-12,14,16H,5-6,8-9,13H2,1-4H3,(H,26,32)/t14?,16?,24-/m0/s1. The van der Waals surface area contributed by atoms with Crippen LogP contribution < -0.4 is 10.2 Å². The van der Waals surface area contributed by atoms with Crippen LogP contribution in [0.2, 0.25) is 5.02 Å². The number of fused-ring (bicyclic) bond motifs is 1. The van der Waals surface area contributed by atoms with Crippen molar-refractivity contribution in [2.24, 2.45) is 5.92 Å². The number of esters is 1. The number of amides is 2. The highest BCUT2D eigenvalue weighted by atomic mass is 35.5. The lowest BCUT2D eigenvalue weighted by molar-refractivity contribution is -0.127. The van der Waals surface area contributed by atoms with Gasteiger partial charge in [-0.3, -0.25) is 19.2 Å². The smallest absolute Gasteiger partial charge is 0.358 e. The number of nitrogens with one attached hydrogen (secondary N) is 1. The Kier molecular flexibility index (Phi) is 6.22. The number of methoxy groups -OCH3 is 1. The monoisotopic (exact) mass is 472 g/mol. The third kappa shape index (κ3) is 4.24. The summed E-state index contributed by atoms with van der Waals surface area (Å²) >= 11 is 6.55. The topological polar surface area (TPSA) is 93.5 Å². The summed E-state index contributed by atoms with van der Waals surface area (Å²) in [5.41, 5.74) is 0.291. The van der Waals surface area contributed by atoms with Crippen LogP contribution in [0.15, 0.2) is 24.3 Å². The molecule has 0 saturated heterocycles. The summed E-state index contributed by atoms with van der Waals surface area (Å²) in [5.74, 6) is -0.722. The quantitative estimate of drug-likeness (QED) is 0.684. The van der Waals surface area contributed by atoms with Gasteiger partial charge in [0, 0.05) is 12.1 Å². The molecule has 2 aromatic rings. The predicted molar refractivity (Wildman–Crippen MR) is 125 cm³/mol. The molecule has 1 N–H and O–H groups in total. The van der Waals surface area contributed by atoms with E-state index in [0.717, 1.165) is 31.2 Å². The van der Waals surface area contributed by atoms with E-state index in [1.54, 1.807) is 19.1 Å². The molecular formula is C24H29ClN4O4. The molecule has 0 spiro atoms. The molecule has 33 heavy (non-hydrogen) atoms. The van der Waals surface area contributed by atoms with Crippen molar-refractivity contribution in [2.75, 3.05) is 12.0 Å². The second-order valence-corrected chi connectivity index (χ2v) is 9.77. The number of carbonyl (C=O) groups is 3. The van der Waals surface area contributed by atoms with E-state index in [1.807, 2.05) is 13.0 Å². The number of ether oxygens (including phenoxy) is 1. The number of nitrogens with zero attached hydrogens (tertiary/aromatic N) is 3. The van der Waals surface area contributed by atoms with Gasteiger partial charge in [-0.2, -0.15) is 5.10 Å². The Morgan fingerprint density at radius 3 is 2.55 bits per heavy atom. The van der Waals surface area contributed by atoms with Gasteiger partial charge in [-0.15, -0.1) is 0 Å². The first-order valence-electron chi connectivity index (χ1n) is 11.2. The van der Waals surface area contributed by atoms with Crippen molar-refractivity contribution in [2.45, 2.75) is 64.6 Å². The molecular weight excluding hydrogens is 444 g/mol. The zero-order valence-electron chi connectivity index (χ0n) is 19.4. The molecule has 4 rings (SSSR count). The molecule has 9 heteroatoms. The minimum atomic E-state index is -1.30. The van der Waals surface area contributed by atoms with Crippen molar-refractivity contribution >= 4 is 35.1 Å². The highest BCUT2D eigenvalue weighted by Crippen LogP contribution is 2.37. The fraction of sp³-hybridized carbons (Fsp3) is 0.500. The summed E-state index contributed by atoms with van der Waals surface area (Å²) < 4.78 is 6.17. The van der Waals surface area contributed by atoms with Gasteiger partial charge < -0.3 is 10.1 Å². The zero-order chi connectivity index (χ0) is 23.9. The maximum atomic E-state index is 13.7. The van der Waals surface area contributed by atoms with E-state index in [0.29, 0.717) is 16.6 Å². The van der Waals surface area contributed by atoms with Gasteiger partial charge in [-0.05, 0) is 63.1 Å². The summed E-state index contributed by atoms with van der Waals surface area (Å²) in [7, 11) is 1.25. The van der Waals surface area contributed by atoms with Crippen molar-refractivity contribution in [3.8, 4) is 0 Å². The molecule has 2 amide bonds. The van der Waals surface area contributed by atoms with E-state index in [-0.39, 0.29) is 29.9 Å². The van der Waals surface area contributed by atoms with Crippen LogP contribution in [0.1, 0.15) is 66.1 Å². The molecule has 0 radical (unpaired) electrons. The van der Waals surface area contributed by atoms with Gasteiger partial charge in [0.15, 0.2) is 5.69 Å². The fourth-order valence-electron chi connectivity index (χ4n) is 4.70. The number of anilines is 1. The number of hydrogen-bond acceptors (Lipinski definition) is 5. The molecule has 2 aliphatic rings. The van der Waals surface area contributed by atoms with Crippen molar-refractivity contribution < 1.29 is 19.1 Å². The lowest BCUT2D eigenvalue weighted by Gasteiger charge is -2.44. The van der Waals surface area contributed by atoms with Gasteiger partial charge in [-0.25, -0.2) is 4.79 Å². The zero-order valence-corrected chi connectivity index (χ0v) is 20.1. The Morgan fingerprint density at radius 1 is 1.21 bits per heavy atom. The first-order chi connectivity index (χ1) is 15.6. The fourth-order valence-corrected chi connectivity index (χ4v) is 5.02. The van der Waals surface area contributed by atoms with Crippen LogP contribution in [0.5, 0.6) is 0 Å². The number of hydrogen-bond donors (Lipinski definition) is 1. The maximum absolute atomic E-state index is 13.7. The summed E-state index contributed by atoms with van der Waals surface area (Å²) in [4.78, 5) is 40.9. The first-order valence-corrected chi connectivity index (χ1v) is 11.6. The Hall–Kier alpha value is -2.87. The van der Waals surface area contributed by atoms with Gasteiger partial charge in [0.25, 0.3) is 5.91 Å². The van der Waals surface area contributed by atoms with E-state index in [1.165, 1.54) is 22.8 Å². The van der Waals surface area contributed by atoms with Crippen LogP contribution in [-0.4, -0.2) is 46.3 Å². The summed E-state index contributed by atoms with van der Waals surface area (Å²) in [6.07, 6.45) is 3.92. The Morgan fingerprint density at radius 2 is 1.91 bits per heavy atom. The number of halogens is 1. The van der Waals surface area contributed by atoms with Crippen molar-refractivity contribution in [1.82, 2.24) is 15.1 Å². The summed E-state index contributed by atoms with van der Waals surface area (Å²) in [5, 5.41) is 7.79. The first kappa shape index (κ1) is 23.3. The minimum Gasteiger partial charge on any atom is -0.464 e. The van der Waals surface area contributed by atoms with E-state index in [4.69, 9.17) is 16.3 Å². The van der Waals surface area contributed by atoms with E-state index in [2.05, 4.69) is 17.3 Å². The van der Waals surface area contributed by atoms with Crippen molar-refractivity contribution in [3.63, 3.8) is 0 Å². The normalized spacial score (nSPS) is 24.9. The van der Waals surface area contributed by atoms with Crippen LogP contribution in [0.25, 0.3) is 0 Å². The summed E-state index contributed by atoms with van der Waals surface area (Å²) in [6.45, 7) is 5.91. The molecule has 1 aromatic carbocycles. The second-order valence-electron chi connectivity index (χ2n) is 9.36. The van der Waals surface area contributed by atoms with Gasteiger partial charge in [0.1, 0.15) is 11.2 Å². The molecule has 1 saturated carbocycles. The van der Waals surface area contributed by atoms with E-state index < -0.39 is 17.4 Å². The molecule has 2 heterocycles. The number of benzene rings is 1. The molecule has 176 valence electrons. The SMILES string of the molecule is COC(=O)c1cc2n(n1)C[C@@](C)(C(=O)NC1CCC(C)CC1)N(c1ccc(C)cc1Cl)C2=O. The lowest BCUT2D eigenvalue weighted by atomic mass is 9.86. The minimum absolute atomic E-state index is 0.0155. The van der Waals surface area contributed by atoms with Gasteiger partial charge in [0.2, 0.25) is 5.91 Å². The predicted octanol–water partition coefficient (Wildman–Crippen LogP) is 3.75. The third-order valence-corrected chi connectivity index (χ3v) is 7.03. The van der Waals surface area contributed by atoms with Crippen LogP contribution in [0.4, 0.5) is 5.69 Å². The Labute approximate surface area is 198 Å². The summed E-state index contributed by atoms with van der Waals surface area (Å²) in [6, 6.07) is 6.80. The number of aryl methyl sites for hydroxylation is 1. The van der Waals surface area contributed by atoms with Crippen LogP contribution in [-0.2, 0) is 16.1 Å². The molecule has 1 atom stereocenters. The highest BCUT2D eigenvalue weighted by molar-refractivity contribution is 6.34. The van der Waals surface area contributed by atoms with Gasteiger partial charge in [0.05, 0.1) is 24.4 Å². The van der Waals surface area contributed by atoms with Gasteiger partial charge >= 0.3 is 5.97 Å². The molecule has 1 aliphatic carbocycles. The second kappa shape index (κ2) is 8.82. The Bertz CT molecular complexity index is 1110.